The molecule has 0 aromatic carbocycles. The van der Waals surface area contributed by atoms with Crippen molar-refractivity contribution in [3.8, 4) is 0 Å². The van der Waals surface area contributed by atoms with E-state index < -0.39 is 33.4 Å². The molecule has 2 rings (SSSR count). The van der Waals surface area contributed by atoms with Gasteiger partial charge in [0, 0.05) is 20.1 Å². The van der Waals surface area contributed by atoms with Crippen molar-refractivity contribution in [3.63, 3.8) is 0 Å². The lowest BCUT2D eigenvalue weighted by Gasteiger charge is -2.41. The van der Waals surface area contributed by atoms with Gasteiger partial charge in [0.2, 0.25) is 10.7 Å². The second-order valence-corrected chi connectivity index (χ2v) is 5.58. The van der Waals surface area contributed by atoms with E-state index in [9.17, 15) is 14.7 Å². The Labute approximate surface area is 113 Å². The summed E-state index contributed by atoms with van der Waals surface area (Å²) in [7, 11) is 2.39. The van der Waals surface area contributed by atoms with Gasteiger partial charge in [-0.25, -0.2) is 4.79 Å². The van der Waals surface area contributed by atoms with Gasteiger partial charge in [-0.3, -0.25) is 4.79 Å². The van der Waals surface area contributed by atoms with Gasteiger partial charge in [-0.15, -0.1) is 23.2 Å². The number of hydrogen-bond donors (Lipinski definition) is 1. The third-order valence-corrected chi connectivity index (χ3v) is 4.99. The largest absolute Gasteiger partial charge is 0.480 e. The monoisotopic (exact) mass is 298 g/mol. The summed E-state index contributed by atoms with van der Waals surface area (Å²) in [6, 6.07) is 0. The predicted molar refractivity (Wildman–Crippen MR) is 60.6 cm³/mol. The molecule has 1 aliphatic heterocycles. The van der Waals surface area contributed by atoms with Gasteiger partial charge in [0.1, 0.15) is 0 Å². The minimum atomic E-state index is -1.98. The second-order valence-electron chi connectivity index (χ2n) is 4.34. The normalized spacial score (nSPS) is 41.6. The summed E-state index contributed by atoms with van der Waals surface area (Å²) in [6.07, 6.45) is -0.0825. The van der Waals surface area contributed by atoms with Gasteiger partial charge in [-0.2, -0.15) is 0 Å². The molecule has 6 nitrogen and oxygen atoms in total. The maximum absolute atomic E-state index is 11.9. The molecule has 2 aliphatic rings. The van der Waals surface area contributed by atoms with E-state index >= 15 is 0 Å². The van der Waals surface area contributed by atoms with Crippen molar-refractivity contribution in [2.24, 2.45) is 5.92 Å². The number of cyclic esters (lactones) is 1. The number of carboxylic acid groups (broad SMARTS) is 1. The fourth-order valence-electron chi connectivity index (χ4n) is 2.86. The summed E-state index contributed by atoms with van der Waals surface area (Å²) in [5.74, 6) is -4.69. The van der Waals surface area contributed by atoms with E-state index in [2.05, 4.69) is 0 Å². The summed E-state index contributed by atoms with van der Waals surface area (Å²) in [5, 5.41) is 9.32. The van der Waals surface area contributed by atoms with Gasteiger partial charge < -0.3 is 19.3 Å². The molecule has 3 atom stereocenters. The molecule has 18 heavy (non-hydrogen) atoms. The number of rotatable bonds is 3. The third-order valence-electron chi connectivity index (χ3n) is 3.72. The van der Waals surface area contributed by atoms with E-state index in [1.807, 2.05) is 0 Å². The van der Waals surface area contributed by atoms with Crippen LogP contribution in [0.5, 0.6) is 0 Å². The Balaban J connectivity index is 2.64. The number of carbonyl (C=O) groups excluding carboxylic acids is 1. The van der Waals surface area contributed by atoms with Gasteiger partial charge in [0.15, 0.2) is 4.87 Å². The van der Waals surface area contributed by atoms with Crippen molar-refractivity contribution in [2.75, 3.05) is 20.8 Å². The van der Waals surface area contributed by atoms with Crippen molar-refractivity contribution in [1.82, 2.24) is 0 Å². The highest BCUT2D eigenvalue weighted by Crippen LogP contribution is 2.61. The minimum Gasteiger partial charge on any atom is -0.480 e. The second kappa shape index (κ2) is 3.96. The first-order chi connectivity index (χ1) is 8.30. The summed E-state index contributed by atoms with van der Waals surface area (Å²) in [4.78, 5) is 19.6. The zero-order chi connectivity index (χ0) is 13.8. The third kappa shape index (κ3) is 1.22. The zero-order valence-electron chi connectivity index (χ0n) is 9.74. The molecule has 2 fully saturated rings. The molecule has 0 spiro atoms. The number of alkyl halides is 2. The highest BCUT2D eigenvalue weighted by atomic mass is 35.5. The fourth-order valence-corrected chi connectivity index (χ4v) is 3.91. The Bertz CT molecular complexity index is 409. The van der Waals surface area contributed by atoms with Crippen LogP contribution in [0.3, 0.4) is 0 Å². The van der Waals surface area contributed by atoms with Crippen molar-refractivity contribution in [2.45, 2.75) is 22.0 Å². The van der Waals surface area contributed by atoms with Gasteiger partial charge in [0.25, 0.3) is 0 Å². The van der Waals surface area contributed by atoms with E-state index in [0.717, 1.165) is 0 Å². The van der Waals surface area contributed by atoms with Crippen LogP contribution < -0.4 is 0 Å². The number of ether oxygens (including phenoxy) is 3. The van der Waals surface area contributed by atoms with Crippen LogP contribution in [-0.2, 0) is 23.8 Å². The summed E-state index contributed by atoms with van der Waals surface area (Å²) in [6.45, 7) is -0.00144. The maximum atomic E-state index is 11.9. The van der Waals surface area contributed by atoms with Crippen LogP contribution in [0.15, 0.2) is 0 Å². The number of esters is 1. The lowest BCUT2D eigenvalue weighted by Crippen LogP contribution is -2.65. The first-order valence-electron chi connectivity index (χ1n) is 5.19. The summed E-state index contributed by atoms with van der Waals surface area (Å²) >= 11 is 12.4. The van der Waals surface area contributed by atoms with E-state index in [1.54, 1.807) is 0 Å². The van der Waals surface area contributed by atoms with Crippen LogP contribution in [0, 0.1) is 5.92 Å². The minimum absolute atomic E-state index is 0.00144. The van der Waals surface area contributed by atoms with Gasteiger partial charge >= 0.3 is 11.9 Å². The van der Waals surface area contributed by atoms with E-state index in [-0.39, 0.29) is 13.0 Å². The topological polar surface area (TPSA) is 82.1 Å². The van der Waals surface area contributed by atoms with Gasteiger partial charge in [-0.05, 0) is 6.42 Å². The van der Waals surface area contributed by atoms with Crippen molar-refractivity contribution >= 4 is 35.1 Å². The van der Waals surface area contributed by atoms with Crippen LogP contribution in [0.2, 0.25) is 0 Å². The Kier molecular flexibility index (Phi) is 3.05. The number of fused-ring (bicyclic) bond motifs is 1. The van der Waals surface area contributed by atoms with Crippen LogP contribution in [0.1, 0.15) is 6.42 Å². The lowest BCUT2D eigenvalue weighted by molar-refractivity contribution is -0.238. The van der Waals surface area contributed by atoms with E-state index in [1.165, 1.54) is 14.2 Å². The van der Waals surface area contributed by atoms with Gasteiger partial charge in [-0.1, -0.05) is 0 Å². The zero-order valence-corrected chi connectivity index (χ0v) is 11.2. The predicted octanol–water partition coefficient (Wildman–Crippen LogP) is 0.592. The molecule has 0 aromatic rings. The number of methoxy groups -OCH3 is 2. The molecular weight excluding hydrogens is 287 g/mol. The fraction of sp³-hybridized carbons (Fsp3) is 0.800. The smallest absolute Gasteiger partial charge is 0.333 e. The maximum Gasteiger partial charge on any atom is 0.333 e. The number of hydrogen-bond acceptors (Lipinski definition) is 5. The molecule has 1 saturated carbocycles. The summed E-state index contributed by atoms with van der Waals surface area (Å²) < 4.78 is 15.2. The average Bonchev–Trinajstić information content (AvgIpc) is 2.70. The molecule has 1 aliphatic carbocycles. The molecule has 1 saturated heterocycles. The van der Waals surface area contributed by atoms with Crippen LogP contribution >= 0.6 is 23.2 Å². The Morgan fingerprint density at radius 3 is 2.44 bits per heavy atom. The quantitative estimate of drug-likeness (QED) is 0.467. The Hall–Kier alpha value is -0.560. The first kappa shape index (κ1) is 13.9. The molecule has 0 amide bonds. The molecule has 8 heteroatoms. The van der Waals surface area contributed by atoms with Crippen LogP contribution in [-0.4, -0.2) is 53.4 Å². The molecule has 1 heterocycles. The number of carboxylic acids is 1. The molecule has 102 valence electrons. The highest BCUT2D eigenvalue weighted by Gasteiger charge is 2.82. The lowest BCUT2D eigenvalue weighted by atomic mass is 9.92. The molecule has 0 aromatic heterocycles. The standard InChI is InChI=1S/C10H12Cl2O6/c1-16-10(17-2)8(11,6(13)14)3-5-4-18-7(15)9(5,10)12/h5H,3-4H2,1-2H3,(H,13,14)/t5-,8-,9+/m1/s1. The Morgan fingerprint density at radius 1 is 1.44 bits per heavy atom. The Morgan fingerprint density at radius 2 is 2.00 bits per heavy atom. The van der Waals surface area contributed by atoms with Crippen LogP contribution in [0.25, 0.3) is 0 Å². The number of aliphatic carboxylic acids is 1. The first-order valence-corrected chi connectivity index (χ1v) is 5.94. The number of halogens is 2. The SMILES string of the molecule is COC1(OC)[C@](Cl)(C(=O)O)C[C@@H]2COC(=O)[C@@]21Cl. The van der Waals surface area contributed by atoms with Gasteiger partial charge in [0.05, 0.1) is 6.61 Å². The molecule has 1 N–H and O–H groups in total. The molecule has 0 bridgehead atoms. The van der Waals surface area contributed by atoms with E-state index in [0.29, 0.717) is 0 Å². The highest BCUT2D eigenvalue weighted by molar-refractivity contribution is 6.41. The van der Waals surface area contributed by atoms with Crippen LogP contribution in [0.4, 0.5) is 0 Å². The molecule has 0 radical (unpaired) electrons. The van der Waals surface area contributed by atoms with Crippen molar-refractivity contribution in [3.05, 3.63) is 0 Å². The van der Waals surface area contributed by atoms with Crippen molar-refractivity contribution in [1.29, 1.82) is 0 Å². The number of carbonyl (C=O) groups is 2. The average molecular weight is 299 g/mol. The van der Waals surface area contributed by atoms with E-state index in [4.69, 9.17) is 37.4 Å². The molecular formula is C10H12Cl2O6. The molecule has 0 unspecified atom stereocenters. The van der Waals surface area contributed by atoms with Crippen molar-refractivity contribution < 1.29 is 28.9 Å². The summed E-state index contributed by atoms with van der Waals surface area (Å²) in [5.41, 5.74) is 0.